The Hall–Kier alpha value is -2.25. The standard InChI is InChI=1S/C19H19ClN2O4S/c1-10-17(19(25)26-3)13(21-18(10)11(2)23)9-16(24)22-6-7-27-15-5-4-12(20)8-14(15)22/h4-5,8,21H,6-7,9H2,1-3H3. The maximum absolute atomic E-state index is 13.0. The fourth-order valence-electron chi connectivity index (χ4n) is 3.22. The fourth-order valence-corrected chi connectivity index (χ4v) is 4.36. The van der Waals surface area contributed by atoms with Crippen molar-refractivity contribution in [3.05, 3.63) is 45.7 Å². The highest BCUT2D eigenvalue weighted by atomic mass is 35.5. The summed E-state index contributed by atoms with van der Waals surface area (Å²) < 4.78 is 4.83. The van der Waals surface area contributed by atoms with Crippen LogP contribution in [0.5, 0.6) is 0 Å². The number of nitrogens with one attached hydrogen (secondary N) is 1. The van der Waals surface area contributed by atoms with E-state index in [4.69, 9.17) is 16.3 Å². The maximum Gasteiger partial charge on any atom is 0.339 e. The van der Waals surface area contributed by atoms with Crippen LogP contribution in [0.3, 0.4) is 0 Å². The number of anilines is 1. The van der Waals surface area contributed by atoms with Gasteiger partial charge in [0.1, 0.15) is 0 Å². The maximum atomic E-state index is 13.0. The number of ether oxygens (including phenoxy) is 1. The molecule has 1 aliphatic rings. The van der Waals surface area contributed by atoms with Crippen molar-refractivity contribution in [2.24, 2.45) is 0 Å². The lowest BCUT2D eigenvalue weighted by Crippen LogP contribution is -2.36. The molecule has 1 aliphatic heterocycles. The lowest BCUT2D eigenvalue weighted by molar-refractivity contribution is -0.118. The van der Waals surface area contributed by atoms with Crippen molar-refractivity contribution in [1.82, 2.24) is 4.98 Å². The molecule has 0 saturated carbocycles. The van der Waals surface area contributed by atoms with Gasteiger partial charge in [0.05, 0.1) is 30.5 Å². The van der Waals surface area contributed by atoms with Crippen LogP contribution in [0.1, 0.15) is 39.0 Å². The molecule has 2 aromatic rings. The molecule has 0 atom stereocenters. The van der Waals surface area contributed by atoms with Crippen molar-refractivity contribution >= 4 is 46.7 Å². The van der Waals surface area contributed by atoms with Crippen LogP contribution in [0.2, 0.25) is 5.02 Å². The lowest BCUT2D eigenvalue weighted by Gasteiger charge is -2.29. The molecule has 2 heterocycles. The van der Waals surface area contributed by atoms with E-state index in [-0.39, 0.29) is 23.7 Å². The van der Waals surface area contributed by atoms with Gasteiger partial charge in [-0.05, 0) is 30.7 Å². The molecule has 142 valence electrons. The summed E-state index contributed by atoms with van der Waals surface area (Å²) in [6, 6.07) is 5.46. The molecule has 0 unspecified atom stereocenters. The first-order valence-corrected chi connectivity index (χ1v) is 9.73. The number of carbonyl (C=O) groups is 3. The molecule has 0 fully saturated rings. The number of nitrogens with zero attached hydrogens (tertiary/aromatic N) is 1. The predicted octanol–water partition coefficient (Wildman–Crippen LogP) is 3.65. The third-order valence-corrected chi connectivity index (χ3v) is 5.76. The van der Waals surface area contributed by atoms with Gasteiger partial charge in [-0.25, -0.2) is 4.79 Å². The Labute approximate surface area is 166 Å². The summed E-state index contributed by atoms with van der Waals surface area (Å²) >= 11 is 7.77. The molecule has 1 amide bonds. The highest BCUT2D eigenvalue weighted by Crippen LogP contribution is 2.37. The van der Waals surface area contributed by atoms with Crippen LogP contribution in [0, 0.1) is 6.92 Å². The Kier molecular flexibility index (Phi) is 5.62. The quantitative estimate of drug-likeness (QED) is 0.619. The number of Topliss-reactive ketones (excluding diaryl/α,β-unsaturated/α-hetero) is 1. The first-order chi connectivity index (χ1) is 12.8. The third-order valence-electron chi connectivity index (χ3n) is 4.48. The van der Waals surface area contributed by atoms with Gasteiger partial charge in [-0.3, -0.25) is 9.59 Å². The second kappa shape index (κ2) is 7.78. The van der Waals surface area contributed by atoms with Gasteiger partial charge >= 0.3 is 5.97 Å². The normalized spacial score (nSPS) is 13.3. The number of methoxy groups -OCH3 is 1. The summed E-state index contributed by atoms with van der Waals surface area (Å²) in [6.07, 6.45) is -0.0465. The van der Waals surface area contributed by atoms with Crippen molar-refractivity contribution in [1.29, 1.82) is 0 Å². The monoisotopic (exact) mass is 406 g/mol. The minimum Gasteiger partial charge on any atom is -0.465 e. The zero-order valence-corrected chi connectivity index (χ0v) is 16.8. The molecular formula is C19H19ClN2O4S. The SMILES string of the molecule is COC(=O)c1c(CC(=O)N2CCSc3ccc(Cl)cc32)[nH]c(C(C)=O)c1C. The van der Waals surface area contributed by atoms with Crippen LogP contribution >= 0.6 is 23.4 Å². The van der Waals surface area contributed by atoms with Gasteiger partial charge in [0.25, 0.3) is 0 Å². The fraction of sp³-hybridized carbons (Fsp3) is 0.316. The summed E-state index contributed by atoms with van der Waals surface area (Å²) in [6.45, 7) is 3.62. The summed E-state index contributed by atoms with van der Waals surface area (Å²) in [5.41, 5.74) is 2.20. The molecule has 3 rings (SSSR count). The van der Waals surface area contributed by atoms with E-state index in [0.29, 0.717) is 28.5 Å². The highest BCUT2D eigenvalue weighted by molar-refractivity contribution is 7.99. The van der Waals surface area contributed by atoms with Gasteiger partial charge < -0.3 is 14.6 Å². The van der Waals surface area contributed by atoms with Crippen molar-refractivity contribution in [3.8, 4) is 0 Å². The molecular weight excluding hydrogens is 388 g/mol. The van der Waals surface area contributed by atoms with Crippen LogP contribution < -0.4 is 4.90 Å². The Morgan fingerprint density at radius 3 is 2.74 bits per heavy atom. The number of amides is 1. The lowest BCUT2D eigenvalue weighted by atomic mass is 10.1. The Morgan fingerprint density at radius 1 is 1.33 bits per heavy atom. The van der Waals surface area contributed by atoms with Crippen molar-refractivity contribution in [3.63, 3.8) is 0 Å². The molecule has 1 aromatic heterocycles. The number of rotatable bonds is 4. The van der Waals surface area contributed by atoms with Crippen LogP contribution in [-0.2, 0) is 16.0 Å². The van der Waals surface area contributed by atoms with E-state index in [9.17, 15) is 14.4 Å². The van der Waals surface area contributed by atoms with E-state index in [1.807, 2.05) is 6.07 Å². The molecule has 0 saturated heterocycles. The number of ketones is 1. The molecule has 6 nitrogen and oxygen atoms in total. The van der Waals surface area contributed by atoms with E-state index in [0.717, 1.165) is 16.3 Å². The molecule has 8 heteroatoms. The molecule has 1 aromatic carbocycles. The minimum atomic E-state index is -0.573. The summed E-state index contributed by atoms with van der Waals surface area (Å²) in [5.74, 6) is -0.188. The first kappa shape index (κ1) is 19.5. The van der Waals surface area contributed by atoms with Gasteiger partial charge in [-0.1, -0.05) is 11.6 Å². The van der Waals surface area contributed by atoms with E-state index in [1.54, 1.807) is 35.7 Å². The zero-order valence-electron chi connectivity index (χ0n) is 15.2. The number of aromatic amines is 1. The molecule has 0 bridgehead atoms. The Bertz CT molecular complexity index is 938. The number of esters is 1. The van der Waals surface area contributed by atoms with Gasteiger partial charge in [0.2, 0.25) is 5.91 Å². The van der Waals surface area contributed by atoms with Crippen LogP contribution in [0.4, 0.5) is 5.69 Å². The minimum absolute atomic E-state index is 0.0465. The topological polar surface area (TPSA) is 79.5 Å². The van der Waals surface area contributed by atoms with E-state index in [1.165, 1.54) is 14.0 Å². The van der Waals surface area contributed by atoms with Gasteiger partial charge in [0.15, 0.2) is 5.78 Å². The highest BCUT2D eigenvalue weighted by Gasteiger charge is 2.28. The second-order valence-corrected chi connectivity index (χ2v) is 7.78. The molecule has 1 N–H and O–H groups in total. The largest absolute Gasteiger partial charge is 0.465 e. The Balaban J connectivity index is 1.96. The number of hydrogen-bond donors (Lipinski definition) is 1. The van der Waals surface area contributed by atoms with Crippen LogP contribution in [-0.4, -0.2) is 42.1 Å². The number of fused-ring (bicyclic) bond motifs is 1. The number of H-pyrrole nitrogens is 1. The van der Waals surface area contributed by atoms with Crippen LogP contribution in [0.25, 0.3) is 0 Å². The number of carbonyl (C=O) groups excluding carboxylic acids is 3. The number of halogens is 1. The predicted molar refractivity (Wildman–Crippen MR) is 105 cm³/mol. The van der Waals surface area contributed by atoms with E-state index >= 15 is 0 Å². The second-order valence-electron chi connectivity index (χ2n) is 6.21. The molecule has 27 heavy (non-hydrogen) atoms. The number of thioether (sulfide) groups is 1. The number of benzene rings is 1. The summed E-state index contributed by atoms with van der Waals surface area (Å²) in [4.78, 5) is 42.6. The first-order valence-electron chi connectivity index (χ1n) is 8.37. The molecule has 0 radical (unpaired) electrons. The molecule has 0 spiro atoms. The van der Waals surface area contributed by atoms with Gasteiger partial charge in [-0.15, -0.1) is 11.8 Å². The van der Waals surface area contributed by atoms with Crippen molar-refractivity contribution in [2.75, 3.05) is 24.3 Å². The smallest absolute Gasteiger partial charge is 0.339 e. The zero-order chi connectivity index (χ0) is 19.7. The molecule has 0 aliphatic carbocycles. The van der Waals surface area contributed by atoms with Gasteiger partial charge in [-0.2, -0.15) is 0 Å². The van der Waals surface area contributed by atoms with E-state index in [2.05, 4.69) is 4.98 Å². The van der Waals surface area contributed by atoms with Crippen molar-refractivity contribution < 1.29 is 19.1 Å². The third kappa shape index (κ3) is 3.75. The average molecular weight is 407 g/mol. The van der Waals surface area contributed by atoms with Crippen LogP contribution in [0.15, 0.2) is 23.1 Å². The van der Waals surface area contributed by atoms with Gasteiger partial charge in [0, 0.05) is 34.8 Å². The summed E-state index contributed by atoms with van der Waals surface area (Å²) in [7, 11) is 1.27. The number of aromatic nitrogens is 1. The van der Waals surface area contributed by atoms with Crippen molar-refractivity contribution in [2.45, 2.75) is 25.2 Å². The Morgan fingerprint density at radius 2 is 2.07 bits per heavy atom. The summed E-state index contributed by atoms with van der Waals surface area (Å²) in [5, 5.41) is 0.555. The van der Waals surface area contributed by atoms with E-state index < -0.39 is 5.97 Å². The number of hydrogen-bond acceptors (Lipinski definition) is 5. The average Bonchev–Trinajstić information content (AvgIpc) is 2.96.